The predicted molar refractivity (Wildman–Crippen MR) is 55.4 cm³/mol. The molecule has 1 aromatic heterocycles. The van der Waals surface area contributed by atoms with Crippen LogP contribution in [0.3, 0.4) is 0 Å². The highest BCUT2D eigenvalue weighted by molar-refractivity contribution is 6.32. The molecule has 1 saturated heterocycles. The van der Waals surface area contributed by atoms with Gasteiger partial charge in [-0.25, -0.2) is 4.98 Å². The van der Waals surface area contributed by atoms with Crippen molar-refractivity contribution in [2.45, 2.75) is 13.8 Å². The highest BCUT2D eigenvalue weighted by Crippen LogP contribution is 2.37. The second-order valence-corrected chi connectivity index (χ2v) is 4.45. The molecule has 0 spiro atoms. The number of nitrogens with zero attached hydrogens (tertiary/aromatic N) is 2. The molecule has 1 aliphatic heterocycles. The van der Waals surface area contributed by atoms with Crippen LogP contribution in [0.25, 0.3) is 0 Å². The van der Waals surface area contributed by atoms with Crippen LogP contribution in [0.15, 0.2) is 18.3 Å². The van der Waals surface area contributed by atoms with Crippen LogP contribution < -0.4 is 4.90 Å². The summed E-state index contributed by atoms with van der Waals surface area (Å²) < 4.78 is 0. The number of carbonyl (C=O) groups excluding carboxylic acids is 1. The normalized spacial score (nSPS) is 19.4. The van der Waals surface area contributed by atoms with Crippen molar-refractivity contribution in [3.05, 3.63) is 23.5 Å². The monoisotopic (exact) mass is 210 g/mol. The summed E-state index contributed by atoms with van der Waals surface area (Å²) in [4.78, 5) is 17.3. The Bertz CT molecular complexity index is 389. The van der Waals surface area contributed by atoms with E-state index in [1.807, 2.05) is 19.9 Å². The molecule has 1 aliphatic rings. The molecule has 0 N–H and O–H groups in total. The molecule has 1 fully saturated rings. The van der Waals surface area contributed by atoms with Crippen molar-refractivity contribution < 1.29 is 4.79 Å². The number of amides is 1. The van der Waals surface area contributed by atoms with Crippen LogP contribution in [0.4, 0.5) is 5.69 Å². The Labute approximate surface area is 87.7 Å². The van der Waals surface area contributed by atoms with Gasteiger partial charge < -0.3 is 4.90 Å². The van der Waals surface area contributed by atoms with Gasteiger partial charge in [0.1, 0.15) is 0 Å². The van der Waals surface area contributed by atoms with E-state index in [2.05, 4.69) is 4.98 Å². The molecule has 0 unspecified atom stereocenters. The fourth-order valence-electron chi connectivity index (χ4n) is 1.58. The summed E-state index contributed by atoms with van der Waals surface area (Å²) in [6, 6.07) is 3.59. The lowest BCUT2D eigenvalue weighted by Gasteiger charge is -2.44. The predicted octanol–water partition coefficient (Wildman–Crippen LogP) is 2.11. The third-order valence-corrected chi connectivity index (χ3v) is 2.70. The first-order valence-electron chi connectivity index (χ1n) is 4.45. The Hall–Kier alpha value is -1.09. The summed E-state index contributed by atoms with van der Waals surface area (Å²) in [5.74, 6) is 0.104. The smallest absolute Gasteiger partial charge is 0.234 e. The number of halogens is 1. The zero-order chi connectivity index (χ0) is 10.3. The molecule has 0 saturated carbocycles. The average molecular weight is 211 g/mol. The molecule has 3 nitrogen and oxygen atoms in total. The minimum Gasteiger partial charge on any atom is -0.308 e. The second kappa shape index (κ2) is 2.95. The van der Waals surface area contributed by atoms with E-state index >= 15 is 0 Å². The van der Waals surface area contributed by atoms with Gasteiger partial charge >= 0.3 is 0 Å². The first kappa shape index (κ1) is 9.46. The first-order chi connectivity index (χ1) is 6.52. The largest absolute Gasteiger partial charge is 0.308 e. The second-order valence-electron chi connectivity index (χ2n) is 4.09. The van der Waals surface area contributed by atoms with Gasteiger partial charge in [0.05, 0.1) is 11.1 Å². The lowest BCUT2D eigenvalue weighted by molar-refractivity contribution is -0.132. The average Bonchev–Trinajstić information content (AvgIpc) is 2.15. The molecule has 0 aromatic carbocycles. The maximum atomic E-state index is 11.7. The highest BCUT2D eigenvalue weighted by atomic mass is 35.5. The van der Waals surface area contributed by atoms with E-state index < -0.39 is 0 Å². The van der Waals surface area contributed by atoms with Gasteiger partial charge in [-0.3, -0.25) is 4.79 Å². The molecule has 0 atom stereocenters. The minimum atomic E-state index is -0.251. The van der Waals surface area contributed by atoms with Crippen molar-refractivity contribution in [2.24, 2.45) is 5.41 Å². The molecule has 1 amide bonds. The van der Waals surface area contributed by atoms with E-state index in [0.29, 0.717) is 17.4 Å². The summed E-state index contributed by atoms with van der Waals surface area (Å²) >= 11 is 5.89. The summed E-state index contributed by atoms with van der Waals surface area (Å²) in [5, 5.41) is 0.386. The van der Waals surface area contributed by atoms with Gasteiger partial charge in [-0.15, -0.1) is 0 Å². The van der Waals surface area contributed by atoms with E-state index in [1.54, 1.807) is 17.2 Å². The lowest BCUT2D eigenvalue weighted by atomic mass is 9.83. The molecule has 0 radical (unpaired) electrons. The molecule has 2 heterocycles. The molecular weight excluding hydrogens is 200 g/mol. The molecule has 0 aliphatic carbocycles. The number of rotatable bonds is 1. The Morgan fingerprint density at radius 2 is 2.29 bits per heavy atom. The number of hydrogen-bond acceptors (Lipinski definition) is 2. The third kappa shape index (κ3) is 1.28. The van der Waals surface area contributed by atoms with Gasteiger partial charge in [-0.2, -0.15) is 0 Å². The van der Waals surface area contributed by atoms with Crippen molar-refractivity contribution >= 4 is 23.2 Å². The van der Waals surface area contributed by atoms with Crippen molar-refractivity contribution in [2.75, 3.05) is 11.4 Å². The standard InChI is InChI=1S/C10H11ClN2O/c1-10(2)6-13(9(10)14)7-4-3-5-12-8(7)11/h3-5H,6H2,1-2H3. The minimum absolute atomic E-state index is 0.104. The van der Waals surface area contributed by atoms with E-state index in [1.165, 1.54) is 0 Å². The SMILES string of the molecule is CC1(C)CN(c2cccnc2Cl)C1=O. The van der Waals surface area contributed by atoms with Crippen LogP contribution in [-0.4, -0.2) is 17.4 Å². The third-order valence-electron chi connectivity index (χ3n) is 2.41. The molecular formula is C10H11ClN2O. The first-order valence-corrected chi connectivity index (χ1v) is 4.83. The van der Waals surface area contributed by atoms with E-state index in [4.69, 9.17) is 11.6 Å². The van der Waals surface area contributed by atoms with Crippen LogP contribution >= 0.6 is 11.6 Å². The van der Waals surface area contributed by atoms with E-state index in [-0.39, 0.29) is 11.3 Å². The van der Waals surface area contributed by atoms with Gasteiger partial charge in [0.15, 0.2) is 5.15 Å². The molecule has 14 heavy (non-hydrogen) atoms. The maximum absolute atomic E-state index is 11.7. The summed E-state index contributed by atoms with van der Waals surface area (Å²) in [7, 11) is 0. The van der Waals surface area contributed by atoms with Crippen LogP contribution in [0.5, 0.6) is 0 Å². The number of hydrogen-bond donors (Lipinski definition) is 0. The fraction of sp³-hybridized carbons (Fsp3) is 0.400. The van der Waals surface area contributed by atoms with E-state index in [9.17, 15) is 4.79 Å². The van der Waals surface area contributed by atoms with Gasteiger partial charge in [-0.1, -0.05) is 11.6 Å². The highest BCUT2D eigenvalue weighted by Gasteiger charge is 2.45. The summed E-state index contributed by atoms with van der Waals surface area (Å²) in [6.07, 6.45) is 1.61. The van der Waals surface area contributed by atoms with Crippen molar-refractivity contribution in [1.29, 1.82) is 0 Å². The Morgan fingerprint density at radius 3 is 2.79 bits per heavy atom. The van der Waals surface area contributed by atoms with Gasteiger partial charge in [0, 0.05) is 12.7 Å². The number of carbonyl (C=O) groups is 1. The van der Waals surface area contributed by atoms with E-state index in [0.717, 1.165) is 0 Å². The Kier molecular flexibility index (Phi) is 2.00. The summed E-state index contributed by atoms with van der Waals surface area (Å²) in [5.41, 5.74) is 0.456. The lowest BCUT2D eigenvalue weighted by Crippen LogP contribution is -2.58. The zero-order valence-electron chi connectivity index (χ0n) is 8.12. The zero-order valence-corrected chi connectivity index (χ0v) is 8.88. The van der Waals surface area contributed by atoms with Gasteiger partial charge in [-0.05, 0) is 26.0 Å². The van der Waals surface area contributed by atoms with Crippen LogP contribution in [0, 0.1) is 5.41 Å². The molecule has 4 heteroatoms. The molecule has 2 rings (SSSR count). The van der Waals surface area contributed by atoms with Crippen molar-refractivity contribution in [3.8, 4) is 0 Å². The van der Waals surface area contributed by atoms with Crippen LogP contribution in [0.2, 0.25) is 5.15 Å². The number of β-lactam (4-membered cyclic amide) rings is 1. The number of pyridine rings is 1. The topological polar surface area (TPSA) is 33.2 Å². The van der Waals surface area contributed by atoms with Crippen molar-refractivity contribution in [1.82, 2.24) is 4.98 Å². The number of anilines is 1. The maximum Gasteiger partial charge on any atom is 0.234 e. The van der Waals surface area contributed by atoms with Crippen molar-refractivity contribution in [3.63, 3.8) is 0 Å². The molecule has 0 bridgehead atoms. The summed E-state index contributed by atoms with van der Waals surface area (Å²) in [6.45, 7) is 4.56. The fourth-order valence-corrected chi connectivity index (χ4v) is 1.80. The number of aromatic nitrogens is 1. The van der Waals surface area contributed by atoms with Gasteiger partial charge in [0.25, 0.3) is 0 Å². The quantitative estimate of drug-likeness (QED) is 0.526. The molecule has 1 aromatic rings. The Morgan fingerprint density at radius 1 is 1.57 bits per heavy atom. The van der Waals surface area contributed by atoms with Crippen LogP contribution in [0.1, 0.15) is 13.8 Å². The Balaban J connectivity index is 2.28. The molecule has 74 valence electrons. The van der Waals surface area contributed by atoms with Crippen LogP contribution in [-0.2, 0) is 4.79 Å². The van der Waals surface area contributed by atoms with Gasteiger partial charge in [0.2, 0.25) is 5.91 Å².